The number of amidine groups is 1. The van der Waals surface area contributed by atoms with E-state index in [1.165, 1.54) is 0 Å². The zero-order chi connectivity index (χ0) is 21.7. The fraction of sp³-hybridized carbons (Fsp3) is 0.545. The average Bonchev–Trinajstić information content (AvgIpc) is 2.60. The van der Waals surface area contributed by atoms with Crippen molar-refractivity contribution in [2.24, 2.45) is 16.1 Å². The van der Waals surface area contributed by atoms with Gasteiger partial charge in [0.15, 0.2) is 0 Å². The third-order valence-electron chi connectivity index (χ3n) is 4.24. The first-order chi connectivity index (χ1) is 13.4. The summed E-state index contributed by atoms with van der Waals surface area (Å²) >= 11 is 0. The molecule has 2 rings (SSSR count). The molecule has 160 valence electrons. The predicted octanol–water partition coefficient (Wildman–Crippen LogP) is 3.97. The van der Waals surface area contributed by atoms with E-state index in [9.17, 15) is 4.79 Å². The molecule has 3 N–H and O–H groups in total. The second kappa shape index (κ2) is 9.31. The number of nitrogens with two attached hydrogens (primary N) is 1. The lowest BCUT2D eigenvalue weighted by molar-refractivity contribution is 0.0563. The second-order valence-corrected chi connectivity index (χ2v) is 9.09. The summed E-state index contributed by atoms with van der Waals surface area (Å²) in [6, 6.07) is 7.88. The van der Waals surface area contributed by atoms with Crippen molar-refractivity contribution < 1.29 is 14.3 Å². The number of aliphatic imine (C=N–C) groups is 1. The van der Waals surface area contributed by atoms with Crippen LogP contribution in [-0.4, -0.2) is 43.8 Å². The topological polar surface area (TPSA) is 89.2 Å². The van der Waals surface area contributed by atoms with Gasteiger partial charge < -0.3 is 20.1 Å². The predicted molar refractivity (Wildman–Crippen MR) is 118 cm³/mol. The molecule has 7 nitrogen and oxygen atoms in total. The highest BCUT2D eigenvalue weighted by Gasteiger charge is 2.19. The summed E-state index contributed by atoms with van der Waals surface area (Å²) in [6.07, 6.45) is 1.12. The number of nitrogens with zero attached hydrogens (tertiary/aromatic N) is 2. The highest BCUT2D eigenvalue weighted by Crippen LogP contribution is 2.24. The fourth-order valence-electron chi connectivity index (χ4n) is 2.59. The van der Waals surface area contributed by atoms with E-state index in [0.29, 0.717) is 24.7 Å². The summed E-state index contributed by atoms with van der Waals surface area (Å²) in [4.78, 5) is 19.2. The fourth-order valence-corrected chi connectivity index (χ4v) is 2.59. The smallest absolute Gasteiger partial charge is 0.413 e. The lowest BCUT2D eigenvalue weighted by Crippen LogP contribution is -2.36. The number of rotatable bonds is 3. The molecule has 0 radical (unpaired) electrons. The van der Waals surface area contributed by atoms with Gasteiger partial charge in [0.1, 0.15) is 11.4 Å². The minimum Gasteiger partial charge on any atom is -0.444 e. The molecule has 1 aromatic rings. The van der Waals surface area contributed by atoms with Gasteiger partial charge in [0.25, 0.3) is 0 Å². The number of alkyl carbamates (subject to hydrolysis) is 1. The van der Waals surface area contributed by atoms with Gasteiger partial charge in [0.2, 0.25) is 0 Å². The third kappa shape index (κ3) is 7.77. The standard InChI is InChI=1S/C22H34N4O3/c1-21(2,3)18(23)15-19(25-20(27)29-22(4,5)6)24-16-8-7-9-17(14-16)26-10-12-28-13-11-26/h7-9,14-15H,10-13,23H2,1-6H3,(H,24,25,27)/b18-15-. The lowest BCUT2D eigenvalue weighted by Gasteiger charge is -2.29. The molecule has 1 aliphatic heterocycles. The first kappa shape index (κ1) is 22.7. The van der Waals surface area contributed by atoms with E-state index in [1.54, 1.807) is 6.08 Å². The molecule has 0 unspecified atom stereocenters. The monoisotopic (exact) mass is 402 g/mol. The number of hydrogen-bond acceptors (Lipinski definition) is 6. The number of ether oxygens (including phenoxy) is 2. The summed E-state index contributed by atoms with van der Waals surface area (Å²) in [6.45, 7) is 14.6. The lowest BCUT2D eigenvalue weighted by atomic mass is 9.92. The maximum atomic E-state index is 12.3. The number of amides is 1. The Balaban J connectivity index is 2.31. The van der Waals surface area contributed by atoms with Crippen LogP contribution in [-0.2, 0) is 9.47 Å². The number of benzene rings is 1. The molecule has 1 fully saturated rings. The van der Waals surface area contributed by atoms with Crippen molar-refractivity contribution in [2.45, 2.75) is 47.1 Å². The zero-order valence-corrected chi connectivity index (χ0v) is 18.4. The average molecular weight is 403 g/mol. The van der Waals surface area contributed by atoms with E-state index in [1.807, 2.05) is 65.8 Å². The Hall–Kier alpha value is -2.54. The molecule has 0 atom stereocenters. The van der Waals surface area contributed by atoms with Gasteiger partial charge in [-0.05, 0) is 39.0 Å². The molecule has 1 amide bonds. The van der Waals surface area contributed by atoms with Crippen LogP contribution in [0.15, 0.2) is 41.0 Å². The molecule has 7 heteroatoms. The Bertz CT molecular complexity index is 767. The Labute approximate surface area is 174 Å². The van der Waals surface area contributed by atoms with Crippen molar-refractivity contribution in [3.63, 3.8) is 0 Å². The van der Waals surface area contributed by atoms with Crippen LogP contribution >= 0.6 is 0 Å². The van der Waals surface area contributed by atoms with Gasteiger partial charge in [0.05, 0.1) is 18.9 Å². The normalized spacial score (nSPS) is 16.6. The number of nitrogens with one attached hydrogen (secondary N) is 1. The largest absolute Gasteiger partial charge is 0.444 e. The van der Waals surface area contributed by atoms with Crippen LogP contribution < -0.4 is 16.0 Å². The molecule has 0 saturated carbocycles. The Kier molecular flexibility index (Phi) is 7.30. The van der Waals surface area contributed by atoms with Crippen LogP contribution in [0.3, 0.4) is 0 Å². The minimum absolute atomic E-state index is 0.258. The van der Waals surface area contributed by atoms with Gasteiger partial charge in [0, 0.05) is 36.0 Å². The molecule has 1 aromatic carbocycles. The molecule has 1 aliphatic rings. The van der Waals surface area contributed by atoms with E-state index < -0.39 is 11.7 Å². The van der Waals surface area contributed by atoms with Crippen molar-refractivity contribution in [2.75, 3.05) is 31.2 Å². The van der Waals surface area contributed by atoms with Gasteiger partial charge in [-0.15, -0.1) is 0 Å². The zero-order valence-electron chi connectivity index (χ0n) is 18.4. The van der Waals surface area contributed by atoms with E-state index in [0.717, 1.165) is 24.5 Å². The second-order valence-electron chi connectivity index (χ2n) is 9.09. The maximum absolute atomic E-state index is 12.3. The minimum atomic E-state index is -0.606. The van der Waals surface area contributed by atoms with Crippen molar-refractivity contribution in [3.8, 4) is 0 Å². The van der Waals surface area contributed by atoms with Crippen molar-refractivity contribution in [3.05, 3.63) is 36.0 Å². The van der Waals surface area contributed by atoms with Gasteiger partial charge in [-0.1, -0.05) is 26.8 Å². The first-order valence-electron chi connectivity index (χ1n) is 9.93. The van der Waals surface area contributed by atoms with Crippen LogP contribution in [0.1, 0.15) is 41.5 Å². The molecule has 29 heavy (non-hydrogen) atoms. The molecular weight excluding hydrogens is 368 g/mol. The van der Waals surface area contributed by atoms with Crippen LogP contribution in [0.2, 0.25) is 0 Å². The van der Waals surface area contributed by atoms with E-state index >= 15 is 0 Å². The van der Waals surface area contributed by atoms with Gasteiger partial charge in [-0.2, -0.15) is 0 Å². The molecule has 0 bridgehead atoms. The SMILES string of the molecule is CC(C)(C)OC(=O)NC(/C=C(\N)C(C)(C)C)=Nc1cccc(N2CCOCC2)c1. The number of carbonyl (C=O) groups excluding carboxylic acids is 1. The Morgan fingerprint density at radius 1 is 1.21 bits per heavy atom. The van der Waals surface area contributed by atoms with E-state index in [4.69, 9.17) is 15.2 Å². The molecule has 0 aromatic heterocycles. The summed E-state index contributed by atoms with van der Waals surface area (Å²) in [5.41, 5.74) is 7.75. The summed E-state index contributed by atoms with van der Waals surface area (Å²) in [5.74, 6) is 0.339. The van der Waals surface area contributed by atoms with Crippen molar-refractivity contribution >= 4 is 23.3 Å². The quantitative estimate of drug-likeness (QED) is 0.590. The molecular formula is C22H34N4O3. The summed E-state index contributed by atoms with van der Waals surface area (Å²) < 4.78 is 10.8. The van der Waals surface area contributed by atoms with Crippen LogP contribution in [0.4, 0.5) is 16.2 Å². The molecule has 1 saturated heterocycles. The molecule has 0 aliphatic carbocycles. The first-order valence-corrected chi connectivity index (χ1v) is 9.93. The van der Waals surface area contributed by atoms with Gasteiger partial charge in [-0.3, -0.25) is 5.32 Å². The number of allylic oxidation sites excluding steroid dienone is 1. The van der Waals surface area contributed by atoms with Crippen molar-refractivity contribution in [1.82, 2.24) is 5.32 Å². The van der Waals surface area contributed by atoms with Crippen LogP contribution in [0, 0.1) is 5.41 Å². The Morgan fingerprint density at radius 3 is 2.45 bits per heavy atom. The van der Waals surface area contributed by atoms with Crippen LogP contribution in [0.25, 0.3) is 0 Å². The van der Waals surface area contributed by atoms with Crippen molar-refractivity contribution in [1.29, 1.82) is 0 Å². The molecule has 0 spiro atoms. The number of hydrogen-bond donors (Lipinski definition) is 2. The summed E-state index contributed by atoms with van der Waals surface area (Å²) in [7, 11) is 0. The van der Waals surface area contributed by atoms with Gasteiger partial charge >= 0.3 is 6.09 Å². The van der Waals surface area contributed by atoms with E-state index in [-0.39, 0.29) is 5.41 Å². The van der Waals surface area contributed by atoms with Gasteiger partial charge in [-0.25, -0.2) is 9.79 Å². The Morgan fingerprint density at radius 2 is 1.86 bits per heavy atom. The number of morpholine rings is 1. The molecule has 1 heterocycles. The maximum Gasteiger partial charge on any atom is 0.413 e. The number of anilines is 1. The van der Waals surface area contributed by atoms with Crippen LogP contribution in [0.5, 0.6) is 0 Å². The summed E-state index contributed by atoms with van der Waals surface area (Å²) in [5, 5.41) is 2.72. The van der Waals surface area contributed by atoms with E-state index in [2.05, 4.69) is 15.2 Å². The highest BCUT2D eigenvalue weighted by molar-refractivity contribution is 6.04. The third-order valence-corrected chi connectivity index (χ3v) is 4.24. The number of carbonyl (C=O) groups is 1. The highest BCUT2D eigenvalue weighted by atomic mass is 16.6.